The Balaban J connectivity index is 4.20. The number of hydrogen-bond donors (Lipinski definition) is 0. The number of methoxy groups -OCH3 is 1. The maximum absolute atomic E-state index is 5.59. The van der Waals surface area contributed by atoms with E-state index in [4.69, 9.17) is 4.74 Å². The van der Waals surface area contributed by atoms with E-state index in [1.165, 1.54) is 12.8 Å². The first-order chi connectivity index (χ1) is 5.13. The minimum Gasteiger partial charge on any atom is -0.378 e. The lowest BCUT2D eigenvalue weighted by atomic mass is 9.83. The minimum atomic E-state index is 0.134. The highest BCUT2D eigenvalue weighted by Gasteiger charge is 2.30. The van der Waals surface area contributed by atoms with Gasteiger partial charge in [0.25, 0.3) is 0 Å². The molecule has 0 aliphatic carbocycles. The summed E-state index contributed by atoms with van der Waals surface area (Å²) in [4.78, 5) is 0. The van der Waals surface area contributed by atoms with Crippen molar-refractivity contribution in [3.05, 3.63) is 0 Å². The highest BCUT2D eigenvalue weighted by atomic mass is 16.5. The van der Waals surface area contributed by atoms with Gasteiger partial charge < -0.3 is 4.74 Å². The molecule has 0 aromatic rings. The highest BCUT2D eigenvalue weighted by Crippen LogP contribution is 2.29. The van der Waals surface area contributed by atoms with Crippen molar-refractivity contribution in [1.29, 1.82) is 0 Å². The fraction of sp³-hybridized carbons (Fsp3) is 1.00. The molecule has 68 valence electrons. The highest BCUT2D eigenvalue weighted by molar-refractivity contribution is 4.81. The van der Waals surface area contributed by atoms with Gasteiger partial charge in [0.15, 0.2) is 0 Å². The molecule has 1 unspecified atom stereocenters. The zero-order valence-electron chi connectivity index (χ0n) is 8.61. The summed E-state index contributed by atoms with van der Waals surface area (Å²) in [5, 5.41) is 0. The van der Waals surface area contributed by atoms with E-state index < -0.39 is 0 Å². The van der Waals surface area contributed by atoms with Gasteiger partial charge in [-0.2, -0.15) is 0 Å². The topological polar surface area (TPSA) is 9.23 Å². The van der Waals surface area contributed by atoms with Crippen molar-refractivity contribution in [2.45, 2.75) is 52.6 Å². The van der Waals surface area contributed by atoms with Crippen LogP contribution in [0.2, 0.25) is 0 Å². The molecule has 0 N–H and O–H groups in total. The molecular formula is C10H22O. The Hall–Kier alpha value is -0.0400. The van der Waals surface area contributed by atoms with E-state index in [9.17, 15) is 0 Å². The number of ether oxygens (including phenoxy) is 1. The SMILES string of the molecule is CCCC(CC)(OC)C(C)C. The van der Waals surface area contributed by atoms with Crippen LogP contribution >= 0.6 is 0 Å². The number of rotatable bonds is 5. The van der Waals surface area contributed by atoms with Crippen LogP contribution in [0.25, 0.3) is 0 Å². The molecule has 0 fully saturated rings. The molecule has 0 bridgehead atoms. The smallest absolute Gasteiger partial charge is 0.0698 e. The Bertz CT molecular complexity index is 93.0. The summed E-state index contributed by atoms with van der Waals surface area (Å²) < 4.78 is 5.59. The second-order valence-electron chi connectivity index (χ2n) is 3.53. The van der Waals surface area contributed by atoms with Crippen molar-refractivity contribution < 1.29 is 4.74 Å². The molecule has 0 amide bonds. The molecule has 1 atom stereocenters. The molecule has 0 saturated carbocycles. The molecule has 1 heteroatoms. The summed E-state index contributed by atoms with van der Waals surface area (Å²) in [6.45, 7) is 8.90. The first-order valence-electron chi connectivity index (χ1n) is 4.68. The van der Waals surface area contributed by atoms with Crippen molar-refractivity contribution in [3.63, 3.8) is 0 Å². The van der Waals surface area contributed by atoms with Crippen LogP contribution in [0, 0.1) is 5.92 Å². The van der Waals surface area contributed by atoms with Crippen LogP contribution in [0.15, 0.2) is 0 Å². The quantitative estimate of drug-likeness (QED) is 0.597. The molecule has 0 aromatic heterocycles. The molecule has 0 heterocycles. The molecule has 1 nitrogen and oxygen atoms in total. The normalized spacial score (nSPS) is 16.9. The van der Waals surface area contributed by atoms with Crippen LogP contribution in [0.5, 0.6) is 0 Å². The molecule has 0 saturated heterocycles. The molecule has 0 rings (SSSR count). The lowest BCUT2D eigenvalue weighted by molar-refractivity contribution is -0.0576. The standard InChI is InChI=1S/C10H22O/c1-6-8-10(7-2,11-5)9(3)4/h9H,6-8H2,1-5H3. The Kier molecular flexibility index (Phi) is 4.74. The third-order valence-corrected chi connectivity index (χ3v) is 2.73. The van der Waals surface area contributed by atoms with E-state index in [1.807, 2.05) is 7.11 Å². The predicted octanol–water partition coefficient (Wildman–Crippen LogP) is 3.24. The summed E-state index contributed by atoms with van der Waals surface area (Å²) in [6, 6.07) is 0. The van der Waals surface area contributed by atoms with Crippen LogP contribution in [0.3, 0.4) is 0 Å². The van der Waals surface area contributed by atoms with E-state index in [0.717, 1.165) is 6.42 Å². The molecule has 0 aliphatic rings. The van der Waals surface area contributed by atoms with Crippen molar-refractivity contribution in [2.24, 2.45) is 5.92 Å². The zero-order chi connectivity index (χ0) is 8.91. The monoisotopic (exact) mass is 158 g/mol. The fourth-order valence-corrected chi connectivity index (χ4v) is 1.78. The van der Waals surface area contributed by atoms with E-state index in [1.54, 1.807) is 0 Å². The fourth-order valence-electron chi connectivity index (χ4n) is 1.78. The largest absolute Gasteiger partial charge is 0.378 e. The van der Waals surface area contributed by atoms with Crippen molar-refractivity contribution >= 4 is 0 Å². The van der Waals surface area contributed by atoms with Gasteiger partial charge in [0.2, 0.25) is 0 Å². The van der Waals surface area contributed by atoms with Crippen LogP contribution in [0.1, 0.15) is 47.0 Å². The maximum atomic E-state index is 5.59. The van der Waals surface area contributed by atoms with Crippen molar-refractivity contribution in [1.82, 2.24) is 0 Å². The molecule has 11 heavy (non-hydrogen) atoms. The van der Waals surface area contributed by atoms with Gasteiger partial charge in [-0.05, 0) is 18.8 Å². The molecule has 0 aromatic carbocycles. The Labute approximate surface area is 71.1 Å². The van der Waals surface area contributed by atoms with Crippen LogP contribution in [-0.4, -0.2) is 12.7 Å². The van der Waals surface area contributed by atoms with Crippen LogP contribution < -0.4 is 0 Å². The van der Waals surface area contributed by atoms with Crippen molar-refractivity contribution in [2.75, 3.05) is 7.11 Å². The molecule has 0 aliphatic heterocycles. The van der Waals surface area contributed by atoms with Gasteiger partial charge in [-0.3, -0.25) is 0 Å². The second kappa shape index (κ2) is 4.76. The van der Waals surface area contributed by atoms with E-state index in [0.29, 0.717) is 5.92 Å². The first-order valence-corrected chi connectivity index (χ1v) is 4.68. The van der Waals surface area contributed by atoms with Gasteiger partial charge in [-0.15, -0.1) is 0 Å². The van der Waals surface area contributed by atoms with Crippen LogP contribution in [-0.2, 0) is 4.74 Å². The third-order valence-electron chi connectivity index (χ3n) is 2.73. The van der Waals surface area contributed by atoms with E-state index >= 15 is 0 Å². The van der Waals surface area contributed by atoms with Gasteiger partial charge >= 0.3 is 0 Å². The average molecular weight is 158 g/mol. The Morgan fingerprint density at radius 3 is 1.91 bits per heavy atom. The summed E-state index contributed by atoms with van der Waals surface area (Å²) >= 11 is 0. The second-order valence-corrected chi connectivity index (χ2v) is 3.53. The molecule has 0 radical (unpaired) electrons. The summed E-state index contributed by atoms with van der Waals surface area (Å²) in [7, 11) is 1.83. The van der Waals surface area contributed by atoms with E-state index in [-0.39, 0.29) is 5.60 Å². The Morgan fingerprint density at radius 2 is 1.82 bits per heavy atom. The van der Waals surface area contributed by atoms with Crippen LogP contribution in [0.4, 0.5) is 0 Å². The lowest BCUT2D eigenvalue weighted by Gasteiger charge is -2.35. The summed E-state index contributed by atoms with van der Waals surface area (Å²) in [5.74, 6) is 0.623. The summed E-state index contributed by atoms with van der Waals surface area (Å²) in [5.41, 5.74) is 0.134. The van der Waals surface area contributed by atoms with Gasteiger partial charge in [-0.1, -0.05) is 34.1 Å². The predicted molar refractivity (Wildman–Crippen MR) is 49.8 cm³/mol. The zero-order valence-corrected chi connectivity index (χ0v) is 8.61. The maximum Gasteiger partial charge on any atom is 0.0698 e. The summed E-state index contributed by atoms with van der Waals surface area (Å²) in [6.07, 6.45) is 3.51. The van der Waals surface area contributed by atoms with E-state index in [2.05, 4.69) is 27.7 Å². The van der Waals surface area contributed by atoms with Gasteiger partial charge in [-0.25, -0.2) is 0 Å². The number of hydrogen-bond acceptors (Lipinski definition) is 1. The first kappa shape index (κ1) is 11.0. The Morgan fingerprint density at radius 1 is 1.27 bits per heavy atom. The lowest BCUT2D eigenvalue weighted by Crippen LogP contribution is -2.36. The molecule has 0 spiro atoms. The van der Waals surface area contributed by atoms with Crippen molar-refractivity contribution in [3.8, 4) is 0 Å². The minimum absolute atomic E-state index is 0.134. The van der Waals surface area contributed by atoms with Gasteiger partial charge in [0, 0.05) is 7.11 Å². The van der Waals surface area contributed by atoms with Gasteiger partial charge in [0.1, 0.15) is 0 Å². The molecular weight excluding hydrogens is 136 g/mol. The average Bonchev–Trinajstić information content (AvgIpc) is 2.00. The third kappa shape index (κ3) is 2.48. The van der Waals surface area contributed by atoms with Gasteiger partial charge in [0.05, 0.1) is 5.60 Å².